The van der Waals surface area contributed by atoms with Gasteiger partial charge in [0.25, 0.3) is 0 Å². The van der Waals surface area contributed by atoms with Crippen LogP contribution in [-0.2, 0) is 4.79 Å². The van der Waals surface area contributed by atoms with Gasteiger partial charge >= 0.3 is 0 Å². The maximum atomic E-state index is 11.4. The van der Waals surface area contributed by atoms with Gasteiger partial charge in [0.05, 0.1) is 0 Å². The molecule has 0 heterocycles. The number of nitrogens with one attached hydrogen (secondary N) is 1. The normalized spacial score (nSPS) is 10.8. The number of carbonyl (C=O) groups is 1. The molecule has 0 aliphatic carbocycles. The fourth-order valence-corrected chi connectivity index (χ4v) is 2.11. The first kappa shape index (κ1) is 31.1. The number of hydrogen-bond donors (Lipinski definition) is 2. The maximum absolute atomic E-state index is 11.4. The van der Waals surface area contributed by atoms with E-state index in [0.29, 0.717) is 12.2 Å². The summed E-state index contributed by atoms with van der Waals surface area (Å²) in [5, 5.41) is 13.1. The molecule has 160 valence electrons. The van der Waals surface area contributed by atoms with Crippen molar-refractivity contribution in [2.45, 2.75) is 53.2 Å². The minimum atomic E-state index is -0.835. The third-order valence-electron chi connectivity index (χ3n) is 3.31. The lowest BCUT2D eigenvalue weighted by molar-refractivity contribution is -0.121. The average Bonchev–Trinajstić information content (AvgIpc) is 2.74. The number of rotatable bonds is 7. The molecule has 0 spiro atoms. The number of carbonyl (C=O) groups excluding carboxylic acids is 1. The third kappa shape index (κ3) is 12.0. The van der Waals surface area contributed by atoms with Gasteiger partial charge in [-0.3, -0.25) is 4.79 Å². The van der Waals surface area contributed by atoms with Crippen LogP contribution in [0.4, 0.5) is 0 Å². The van der Waals surface area contributed by atoms with Crippen molar-refractivity contribution in [3.05, 3.63) is 66.2 Å². The predicted octanol–water partition coefficient (Wildman–Crippen LogP) is 4.97. The van der Waals surface area contributed by atoms with E-state index >= 15 is 0 Å². The van der Waals surface area contributed by atoms with Crippen molar-refractivity contribution in [3.63, 3.8) is 0 Å². The number of ether oxygens (including phenoxy) is 1. The van der Waals surface area contributed by atoms with Gasteiger partial charge in [-0.2, -0.15) is 27.0 Å². The molecule has 0 saturated heterocycles. The van der Waals surface area contributed by atoms with Gasteiger partial charge in [-0.15, -0.1) is 0 Å². The van der Waals surface area contributed by atoms with Gasteiger partial charge in [-0.1, -0.05) is 83.1 Å². The van der Waals surface area contributed by atoms with Crippen LogP contribution < -0.4 is 10.1 Å². The Morgan fingerprint density at radius 1 is 0.929 bits per heavy atom. The third-order valence-corrected chi connectivity index (χ3v) is 3.31. The van der Waals surface area contributed by atoms with E-state index in [2.05, 4.69) is 5.32 Å². The number of aliphatic hydroxyl groups is 1. The van der Waals surface area contributed by atoms with Gasteiger partial charge < -0.3 is 15.2 Å². The largest absolute Gasteiger partial charge is 0.483 e. The summed E-state index contributed by atoms with van der Waals surface area (Å²) in [6.45, 7) is 9.93. The monoisotopic (exact) mass is 427 g/mol. The van der Waals surface area contributed by atoms with Gasteiger partial charge in [-0.05, 0) is 17.7 Å². The Morgan fingerprint density at radius 3 is 1.86 bits per heavy atom. The Hall–Kier alpha value is -1.63. The van der Waals surface area contributed by atoms with Crippen molar-refractivity contribution in [3.8, 4) is 5.75 Å². The molecule has 0 aliphatic rings. The van der Waals surface area contributed by atoms with E-state index in [-0.39, 0.29) is 39.4 Å². The van der Waals surface area contributed by atoms with Crippen LogP contribution in [0.5, 0.6) is 5.75 Å². The number of benzene rings is 2. The summed E-state index contributed by atoms with van der Waals surface area (Å²) < 4.78 is 5.93. The Kier molecular flexibility index (Phi) is 22.3. The van der Waals surface area contributed by atoms with Crippen molar-refractivity contribution >= 4 is 32.9 Å². The zero-order chi connectivity index (χ0) is 19.8. The fraction of sp³-hybridized carbons (Fsp3) is 0.409. The minimum absolute atomic E-state index is 0. The molecule has 2 aromatic carbocycles. The van der Waals surface area contributed by atoms with Crippen LogP contribution in [0.25, 0.3) is 0 Å². The van der Waals surface area contributed by atoms with Crippen molar-refractivity contribution in [1.82, 2.24) is 5.32 Å². The first-order valence-corrected chi connectivity index (χ1v) is 9.42. The number of hydrogen-bond acceptors (Lipinski definition) is 3. The molecule has 0 radical (unpaired) electrons. The summed E-state index contributed by atoms with van der Waals surface area (Å²) in [5.74, 6) is 0.586. The van der Waals surface area contributed by atoms with E-state index < -0.39 is 12.2 Å². The molecule has 0 aromatic heterocycles. The summed E-state index contributed by atoms with van der Waals surface area (Å²) in [5.41, 5.74) is 0.865. The van der Waals surface area contributed by atoms with Crippen LogP contribution in [0, 0.1) is 0 Å². The van der Waals surface area contributed by atoms with Gasteiger partial charge in [0.15, 0.2) is 6.10 Å². The first-order chi connectivity index (χ1) is 12.7. The summed E-state index contributed by atoms with van der Waals surface area (Å²) in [6, 6.07) is 18.8. The molecule has 0 bridgehead atoms. The van der Waals surface area contributed by atoms with Crippen LogP contribution >= 0.6 is 27.0 Å². The molecule has 2 atom stereocenters. The van der Waals surface area contributed by atoms with E-state index in [9.17, 15) is 9.90 Å². The lowest BCUT2D eigenvalue weighted by atomic mass is 10.0. The topological polar surface area (TPSA) is 58.6 Å². The second-order valence-electron chi connectivity index (χ2n) is 4.99. The van der Waals surface area contributed by atoms with E-state index in [1.807, 2.05) is 88.4 Å². The molecule has 0 unspecified atom stereocenters. The molecular weight excluding hydrogens is 390 g/mol. The summed E-state index contributed by atoms with van der Waals surface area (Å²) in [4.78, 5) is 11.4. The van der Waals surface area contributed by atoms with Crippen LogP contribution in [0.15, 0.2) is 60.7 Å². The SMILES string of the molecule is CC.CC.CCC(=O)NC[C@H](O)[C@@H](Oc1ccccc1)c1ccccc1.S.S. The molecule has 28 heavy (non-hydrogen) atoms. The lowest BCUT2D eigenvalue weighted by Gasteiger charge is -2.25. The lowest BCUT2D eigenvalue weighted by Crippen LogP contribution is -2.37. The van der Waals surface area contributed by atoms with Crippen molar-refractivity contribution in [2.24, 2.45) is 0 Å². The number of para-hydroxylation sites is 1. The molecule has 1 amide bonds. The molecular formula is C22H37NO3S2. The Morgan fingerprint density at radius 2 is 1.39 bits per heavy atom. The van der Waals surface area contributed by atoms with Crippen molar-refractivity contribution < 1.29 is 14.6 Å². The predicted molar refractivity (Wildman–Crippen MR) is 129 cm³/mol. The second kappa shape index (κ2) is 20.1. The minimum Gasteiger partial charge on any atom is -0.483 e. The first-order valence-electron chi connectivity index (χ1n) is 9.42. The van der Waals surface area contributed by atoms with Gasteiger partial charge in [-0.25, -0.2) is 0 Å². The molecule has 4 nitrogen and oxygen atoms in total. The highest BCUT2D eigenvalue weighted by atomic mass is 32.1. The zero-order valence-electron chi connectivity index (χ0n) is 17.6. The molecule has 0 fully saturated rings. The van der Waals surface area contributed by atoms with Gasteiger partial charge in [0.1, 0.15) is 11.9 Å². The van der Waals surface area contributed by atoms with Crippen LogP contribution in [0.2, 0.25) is 0 Å². The highest BCUT2D eigenvalue weighted by molar-refractivity contribution is 7.59. The van der Waals surface area contributed by atoms with Crippen LogP contribution in [-0.4, -0.2) is 23.7 Å². The molecule has 2 rings (SSSR count). The van der Waals surface area contributed by atoms with Gasteiger partial charge in [0.2, 0.25) is 5.91 Å². The number of aliphatic hydroxyl groups excluding tert-OH is 1. The average molecular weight is 428 g/mol. The smallest absolute Gasteiger partial charge is 0.219 e. The molecule has 2 aromatic rings. The Labute approximate surface area is 184 Å². The van der Waals surface area contributed by atoms with E-state index in [1.165, 1.54) is 0 Å². The summed E-state index contributed by atoms with van der Waals surface area (Å²) in [7, 11) is 0. The van der Waals surface area contributed by atoms with Crippen molar-refractivity contribution in [1.29, 1.82) is 0 Å². The van der Waals surface area contributed by atoms with E-state index in [1.54, 1.807) is 6.92 Å². The Bertz CT molecular complexity index is 583. The summed E-state index contributed by atoms with van der Waals surface area (Å²) >= 11 is 0. The van der Waals surface area contributed by atoms with E-state index in [4.69, 9.17) is 4.74 Å². The van der Waals surface area contributed by atoms with Gasteiger partial charge in [0, 0.05) is 13.0 Å². The standard InChI is InChI=1S/C18H21NO3.2C2H6.2H2S/c1-2-17(21)19-13-16(20)18(14-9-5-3-6-10-14)22-15-11-7-4-8-12-15;2*1-2;;/h3-12,16,18,20H,2,13H2,1H3,(H,19,21);2*1-2H3;2*1H2/t16-,18-;;;;/m0..../s1. The quantitative estimate of drug-likeness (QED) is 0.656. The highest BCUT2D eigenvalue weighted by Crippen LogP contribution is 2.24. The van der Waals surface area contributed by atoms with Crippen molar-refractivity contribution in [2.75, 3.05) is 6.54 Å². The molecule has 2 N–H and O–H groups in total. The molecule has 6 heteroatoms. The zero-order valence-corrected chi connectivity index (χ0v) is 19.6. The fourth-order valence-electron chi connectivity index (χ4n) is 2.11. The molecule has 0 aliphatic heterocycles. The second-order valence-corrected chi connectivity index (χ2v) is 4.99. The Balaban J connectivity index is -0.000000978. The summed E-state index contributed by atoms with van der Waals surface area (Å²) in [6.07, 6.45) is -0.985. The van der Waals surface area contributed by atoms with E-state index in [0.717, 1.165) is 5.56 Å². The van der Waals surface area contributed by atoms with Crippen LogP contribution in [0.3, 0.4) is 0 Å². The van der Waals surface area contributed by atoms with Crippen LogP contribution in [0.1, 0.15) is 52.7 Å². The maximum Gasteiger partial charge on any atom is 0.219 e. The highest BCUT2D eigenvalue weighted by Gasteiger charge is 2.23. The molecule has 0 saturated carbocycles. The number of amides is 1.